The first-order valence-electron chi connectivity index (χ1n) is 7.20. The van der Waals surface area contributed by atoms with Crippen molar-refractivity contribution in [2.75, 3.05) is 0 Å². The highest BCUT2D eigenvalue weighted by Crippen LogP contribution is 2.32. The van der Waals surface area contributed by atoms with Crippen LogP contribution in [0.5, 0.6) is 0 Å². The predicted octanol–water partition coefficient (Wildman–Crippen LogP) is 5.53. The standard InChI is InChI=1S/C13H18.2C2H6/c1-13(2,3)12-9-5-7-10-6-4-8-11(10)12;2*1-2/h5,7,9H,4,6,8H2,1-3H3;2*1-2H3. The van der Waals surface area contributed by atoms with Gasteiger partial charge in [0, 0.05) is 0 Å². The van der Waals surface area contributed by atoms with Crippen LogP contribution in [0.4, 0.5) is 0 Å². The van der Waals surface area contributed by atoms with Crippen molar-refractivity contribution < 1.29 is 0 Å². The van der Waals surface area contributed by atoms with Crippen LogP contribution in [-0.2, 0) is 18.3 Å². The normalized spacial score (nSPS) is 12.9. The Kier molecular flexibility index (Phi) is 7.18. The summed E-state index contributed by atoms with van der Waals surface area (Å²) in [6.45, 7) is 14.9. The molecule has 0 bridgehead atoms. The summed E-state index contributed by atoms with van der Waals surface area (Å²) in [6, 6.07) is 6.80. The molecule has 0 heterocycles. The molecule has 0 amide bonds. The predicted molar refractivity (Wildman–Crippen MR) is 79.9 cm³/mol. The van der Waals surface area contributed by atoms with Crippen LogP contribution < -0.4 is 0 Å². The van der Waals surface area contributed by atoms with Gasteiger partial charge in [0.05, 0.1) is 0 Å². The lowest BCUT2D eigenvalue weighted by atomic mass is 9.83. The van der Waals surface area contributed by atoms with E-state index in [1.807, 2.05) is 27.7 Å². The van der Waals surface area contributed by atoms with E-state index in [1.165, 1.54) is 19.3 Å². The molecule has 0 saturated heterocycles. The van der Waals surface area contributed by atoms with Gasteiger partial charge in [0.15, 0.2) is 0 Å². The first kappa shape index (κ1) is 16.2. The van der Waals surface area contributed by atoms with Crippen molar-refractivity contribution in [2.45, 2.75) is 73.1 Å². The van der Waals surface area contributed by atoms with Gasteiger partial charge in [0.2, 0.25) is 0 Å². The molecule has 17 heavy (non-hydrogen) atoms. The summed E-state index contributed by atoms with van der Waals surface area (Å²) < 4.78 is 0. The third-order valence-corrected chi connectivity index (χ3v) is 2.95. The molecular weight excluding hydrogens is 204 g/mol. The van der Waals surface area contributed by atoms with Crippen LogP contribution in [0.2, 0.25) is 0 Å². The van der Waals surface area contributed by atoms with E-state index in [2.05, 4.69) is 39.0 Å². The van der Waals surface area contributed by atoms with Crippen molar-refractivity contribution in [3.63, 3.8) is 0 Å². The summed E-state index contributed by atoms with van der Waals surface area (Å²) in [4.78, 5) is 0. The number of fused-ring (bicyclic) bond motifs is 1. The van der Waals surface area contributed by atoms with E-state index < -0.39 is 0 Å². The molecule has 0 aliphatic heterocycles. The summed E-state index contributed by atoms with van der Waals surface area (Å²) in [7, 11) is 0. The smallest absolute Gasteiger partial charge is 0.0129 e. The van der Waals surface area contributed by atoms with Gasteiger partial charge in [-0.25, -0.2) is 0 Å². The van der Waals surface area contributed by atoms with Gasteiger partial charge < -0.3 is 0 Å². The first-order valence-corrected chi connectivity index (χ1v) is 7.20. The van der Waals surface area contributed by atoms with Gasteiger partial charge in [0.25, 0.3) is 0 Å². The Balaban J connectivity index is 0.000000581. The minimum absolute atomic E-state index is 0.315. The van der Waals surface area contributed by atoms with Crippen LogP contribution in [0.25, 0.3) is 0 Å². The Morgan fingerprint density at radius 2 is 1.47 bits per heavy atom. The summed E-state index contributed by atoms with van der Waals surface area (Å²) in [5.41, 5.74) is 5.10. The first-order chi connectivity index (χ1) is 8.09. The fraction of sp³-hybridized carbons (Fsp3) is 0.647. The maximum Gasteiger partial charge on any atom is -0.0129 e. The SMILES string of the molecule is CC.CC.CC(C)(C)c1cccc2c1CCC2. The molecule has 0 nitrogen and oxygen atoms in total. The second kappa shape index (κ2) is 7.53. The minimum atomic E-state index is 0.315. The highest BCUT2D eigenvalue weighted by Gasteiger charge is 2.21. The largest absolute Gasteiger partial charge is 0.0683 e. The van der Waals surface area contributed by atoms with Gasteiger partial charge in [-0.3, -0.25) is 0 Å². The van der Waals surface area contributed by atoms with Crippen LogP contribution in [0.1, 0.15) is 71.6 Å². The molecule has 1 aromatic carbocycles. The van der Waals surface area contributed by atoms with Crippen molar-refractivity contribution in [3.05, 3.63) is 34.9 Å². The minimum Gasteiger partial charge on any atom is -0.0683 e. The highest BCUT2D eigenvalue weighted by molar-refractivity contribution is 5.41. The molecule has 0 spiro atoms. The number of rotatable bonds is 0. The van der Waals surface area contributed by atoms with Gasteiger partial charge in [-0.05, 0) is 41.4 Å². The zero-order valence-corrected chi connectivity index (χ0v) is 12.9. The highest BCUT2D eigenvalue weighted by atomic mass is 14.3. The van der Waals surface area contributed by atoms with E-state index in [1.54, 1.807) is 16.7 Å². The van der Waals surface area contributed by atoms with E-state index in [0.717, 1.165) is 0 Å². The number of hydrogen-bond acceptors (Lipinski definition) is 0. The lowest BCUT2D eigenvalue weighted by Crippen LogP contribution is -2.13. The Morgan fingerprint density at radius 3 is 2.00 bits per heavy atom. The molecule has 98 valence electrons. The zero-order valence-electron chi connectivity index (χ0n) is 12.9. The van der Waals surface area contributed by atoms with Gasteiger partial charge in [-0.15, -0.1) is 0 Å². The summed E-state index contributed by atoms with van der Waals surface area (Å²) in [5.74, 6) is 0. The Bertz CT molecular complexity index is 315. The molecule has 1 aromatic rings. The summed E-state index contributed by atoms with van der Waals surface area (Å²) in [6.07, 6.45) is 3.93. The van der Waals surface area contributed by atoms with E-state index >= 15 is 0 Å². The quantitative estimate of drug-likeness (QED) is 0.554. The summed E-state index contributed by atoms with van der Waals surface area (Å²) in [5, 5.41) is 0. The van der Waals surface area contributed by atoms with Gasteiger partial charge >= 0.3 is 0 Å². The maximum atomic E-state index is 2.31. The molecule has 0 aromatic heterocycles. The van der Waals surface area contributed by atoms with Gasteiger partial charge in [-0.1, -0.05) is 66.7 Å². The molecule has 1 aliphatic rings. The molecule has 0 radical (unpaired) electrons. The molecular formula is C17H30. The van der Waals surface area contributed by atoms with Crippen LogP contribution in [0, 0.1) is 0 Å². The summed E-state index contributed by atoms with van der Waals surface area (Å²) >= 11 is 0. The Labute approximate surface area is 108 Å². The number of benzene rings is 1. The molecule has 1 aliphatic carbocycles. The topological polar surface area (TPSA) is 0 Å². The van der Waals surface area contributed by atoms with E-state index in [9.17, 15) is 0 Å². The van der Waals surface area contributed by atoms with Crippen LogP contribution >= 0.6 is 0 Å². The second-order valence-corrected chi connectivity index (χ2v) is 5.05. The van der Waals surface area contributed by atoms with Crippen molar-refractivity contribution in [1.29, 1.82) is 0 Å². The average Bonchev–Trinajstić information content (AvgIpc) is 2.80. The molecule has 0 atom stereocenters. The van der Waals surface area contributed by atoms with Gasteiger partial charge in [-0.2, -0.15) is 0 Å². The average molecular weight is 234 g/mol. The van der Waals surface area contributed by atoms with Crippen molar-refractivity contribution in [2.24, 2.45) is 0 Å². The molecule has 0 unspecified atom stereocenters. The lowest BCUT2D eigenvalue weighted by molar-refractivity contribution is 0.583. The molecule has 0 heteroatoms. The fourth-order valence-corrected chi connectivity index (χ4v) is 2.32. The third kappa shape index (κ3) is 4.18. The van der Waals surface area contributed by atoms with E-state index in [-0.39, 0.29) is 0 Å². The Hall–Kier alpha value is -0.780. The molecule has 2 rings (SSSR count). The fourth-order valence-electron chi connectivity index (χ4n) is 2.32. The van der Waals surface area contributed by atoms with Crippen molar-refractivity contribution in [3.8, 4) is 0 Å². The van der Waals surface area contributed by atoms with Crippen molar-refractivity contribution in [1.82, 2.24) is 0 Å². The zero-order chi connectivity index (χ0) is 13.5. The van der Waals surface area contributed by atoms with Crippen molar-refractivity contribution >= 4 is 0 Å². The second-order valence-electron chi connectivity index (χ2n) is 5.05. The van der Waals surface area contributed by atoms with Crippen LogP contribution in [0.3, 0.4) is 0 Å². The molecule has 0 N–H and O–H groups in total. The monoisotopic (exact) mass is 234 g/mol. The molecule has 0 fully saturated rings. The third-order valence-electron chi connectivity index (χ3n) is 2.95. The Morgan fingerprint density at radius 1 is 0.882 bits per heavy atom. The number of aryl methyl sites for hydroxylation is 1. The van der Waals surface area contributed by atoms with Gasteiger partial charge in [0.1, 0.15) is 0 Å². The van der Waals surface area contributed by atoms with E-state index in [0.29, 0.717) is 5.41 Å². The van der Waals surface area contributed by atoms with Crippen LogP contribution in [0.15, 0.2) is 18.2 Å². The lowest BCUT2D eigenvalue weighted by Gasteiger charge is -2.22. The maximum absolute atomic E-state index is 2.31. The van der Waals surface area contributed by atoms with E-state index in [4.69, 9.17) is 0 Å². The molecule has 0 saturated carbocycles. The van der Waals surface area contributed by atoms with Crippen LogP contribution in [-0.4, -0.2) is 0 Å². The number of hydrogen-bond donors (Lipinski definition) is 0.